The Kier molecular flexibility index (Phi) is 7.18. The van der Waals surface area contributed by atoms with E-state index in [0.29, 0.717) is 0 Å². The van der Waals surface area contributed by atoms with Crippen LogP contribution >= 0.6 is 12.6 Å². The predicted molar refractivity (Wildman–Crippen MR) is 102 cm³/mol. The molecule has 1 rings (SSSR count). The molecule has 0 fully saturated rings. The van der Waals surface area contributed by atoms with Gasteiger partial charge in [-0.1, -0.05) is 32.9 Å². The van der Waals surface area contributed by atoms with Crippen molar-refractivity contribution < 1.29 is 9.47 Å². The molecule has 3 heteroatoms. The smallest absolute Gasteiger partial charge is 0.0811 e. The van der Waals surface area contributed by atoms with Gasteiger partial charge in [0, 0.05) is 4.90 Å². The lowest BCUT2D eigenvalue weighted by atomic mass is 9.83. The molecule has 2 nitrogen and oxygen atoms in total. The van der Waals surface area contributed by atoms with E-state index in [4.69, 9.17) is 22.1 Å². The van der Waals surface area contributed by atoms with Crippen LogP contribution in [-0.4, -0.2) is 12.2 Å². The summed E-state index contributed by atoms with van der Waals surface area (Å²) in [7, 11) is 0. The molecule has 132 valence electrons. The molecule has 0 aliphatic rings. The third-order valence-electron chi connectivity index (χ3n) is 3.86. The van der Waals surface area contributed by atoms with Crippen LogP contribution in [0.2, 0.25) is 0 Å². The summed E-state index contributed by atoms with van der Waals surface area (Å²) in [6, 6.07) is 4.47. The fourth-order valence-corrected chi connectivity index (χ4v) is 3.19. The maximum Gasteiger partial charge on any atom is 0.0811 e. The minimum Gasteiger partial charge on any atom is -0.371 e. The van der Waals surface area contributed by atoms with E-state index in [1.807, 2.05) is 0 Å². The minimum absolute atomic E-state index is 0.00907. The first-order valence-corrected chi connectivity index (χ1v) is 9.06. The number of ether oxygens (including phenoxy) is 2. The molecule has 1 aromatic rings. The average molecular weight is 339 g/mol. The van der Waals surface area contributed by atoms with Crippen molar-refractivity contribution in [3.05, 3.63) is 28.8 Å². The highest BCUT2D eigenvalue weighted by molar-refractivity contribution is 7.80. The summed E-state index contributed by atoms with van der Waals surface area (Å²) in [5.74, 6) is 0. The zero-order valence-electron chi connectivity index (χ0n) is 16.2. The van der Waals surface area contributed by atoms with E-state index in [9.17, 15) is 0 Å². The first-order valence-electron chi connectivity index (χ1n) is 8.61. The van der Waals surface area contributed by atoms with Crippen molar-refractivity contribution in [1.82, 2.24) is 0 Å². The van der Waals surface area contributed by atoms with Crippen LogP contribution < -0.4 is 0 Å². The highest BCUT2D eigenvalue weighted by Gasteiger charge is 2.23. The molecule has 1 aromatic carbocycles. The zero-order chi connectivity index (χ0) is 17.9. The van der Waals surface area contributed by atoms with E-state index in [-0.39, 0.29) is 29.8 Å². The molecule has 0 bridgehead atoms. The molecule has 0 aliphatic carbocycles. The molecule has 23 heavy (non-hydrogen) atoms. The van der Waals surface area contributed by atoms with Gasteiger partial charge in [-0.3, -0.25) is 0 Å². The second-order valence-corrected chi connectivity index (χ2v) is 8.35. The summed E-state index contributed by atoms with van der Waals surface area (Å²) in [4.78, 5) is 0.985. The topological polar surface area (TPSA) is 18.5 Å². The van der Waals surface area contributed by atoms with Gasteiger partial charge in [0.15, 0.2) is 0 Å². The van der Waals surface area contributed by atoms with Crippen LogP contribution in [0.3, 0.4) is 0 Å². The highest BCUT2D eigenvalue weighted by Crippen LogP contribution is 2.37. The monoisotopic (exact) mass is 338 g/mol. The molecule has 0 saturated carbocycles. The molecule has 0 N–H and O–H groups in total. The number of benzene rings is 1. The predicted octanol–water partition coefficient (Wildman–Crippen LogP) is 6.24. The highest BCUT2D eigenvalue weighted by atomic mass is 32.1. The molecular weight excluding hydrogens is 304 g/mol. The van der Waals surface area contributed by atoms with E-state index < -0.39 is 0 Å². The van der Waals surface area contributed by atoms with Gasteiger partial charge >= 0.3 is 0 Å². The van der Waals surface area contributed by atoms with Crippen LogP contribution in [0.15, 0.2) is 17.0 Å². The van der Waals surface area contributed by atoms with E-state index in [1.165, 1.54) is 5.56 Å². The van der Waals surface area contributed by atoms with Gasteiger partial charge in [-0.15, -0.1) is 12.6 Å². The van der Waals surface area contributed by atoms with Gasteiger partial charge in [-0.25, -0.2) is 0 Å². The van der Waals surface area contributed by atoms with Gasteiger partial charge in [0.05, 0.1) is 24.4 Å². The van der Waals surface area contributed by atoms with Gasteiger partial charge in [0.25, 0.3) is 0 Å². The largest absolute Gasteiger partial charge is 0.371 e. The van der Waals surface area contributed by atoms with Crippen molar-refractivity contribution >= 4 is 12.6 Å². The lowest BCUT2D eigenvalue weighted by Gasteiger charge is -2.28. The van der Waals surface area contributed by atoms with Crippen LogP contribution in [-0.2, 0) is 14.9 Å². The summed E-state index contributed by atoms with van der Waals surface area (Å²) in [6.45, 7) is 19.1. The van der Waals surface area contributed by atoms with Crippen molar-refractivity contribution in [3.63, 3.8) is 0 Å². The van der Waals surface area contributed by atoms with Crippen molar-refractivity contribution in [2.24, 2.45) is 0 Å². The maximum absolute atomic E-state index is 6.01. The third-order valence-corrected chi connectivity index (χ3v) is 4.38. The third kappa shape index (κ3) is 5.81. The first kappa shape index (κ1) is 20.5. The Balaban J connectivity index is 3.39. The maximum atomic E-state index is 6.01. The Bertz CT molecular complexity index is 478. The Morgan fingerprint density at radius 1 is 0.783 bits per heavy atom. The molecule has 0 spiro atoms. The van der Waals surface area contributed by atoms with Gasteiger partial charge in [0.2, 0.25) is 0 Å². The Morgan fingerprint density at radius 2 is 1.13 bits per heavy atom. The summed E-state index contributed by atoms with van der Waals surface area (Å²) < 4.78 is 12.0. The van der Waals surface area contributed by atoms with Gasteiger partial charge in [0.1, 0.15) is 0 Å². The number of rotatable bonds is 6. The van der Waals surface area contributed by atoms with E-state index in [1.54, 1.807) is 0 Å². The van der Waals surface area contributed by atoms with Crippen molar-refractivity contribution in [2.45, 2.75) is 97.0 Å². The molecule has 0 radical (unpaired) electrons. The van der Waals surface area contributed by atoms with E-state index in [2.05, 4.69) is 74.4 Å². The molecular formula is C20H34O2S. The van der Waals surface area contributed by atoms with Crippen LogP contribution in [0.25, 0.3) is 0 Å². The molecule has 2 atom stereocenters. The van der Waals surface area contributed by atoms with Crippen LogP contribution in [0, 0.1) is 0 Å². The molecule has 0 heterocycles. The molecule has 0 aliphatic heterocycles. The van der Waals surface area contributed by atoms with Gasteiger partial charge in [-0.2, -0.15) is 0 Å². The second kappa shape index (κ2) is 8.04. The summed E-state index contributed by atoms with van der Waals surface area (Å²) >= 11 is 4.82. The molecule has 0 amide bonds. The summed E-state index contributed by atoms with van der Waals surface area (Å²) in [6.07, 6.45) is 0.386. The fraction of sp³-hybridized carbons (Fsp3) is 0.700. The Hall–Kier alpha value is -0.510. The number of hydrogen-bond acceptors (Lipinski definition) is 3. The van der Waals surface area contributed by atoms with E-state index >= 15 is 0 Å². The van der Waals surface area contributed by atoms with Crippen molar-refractivity contribution in [1.29, 1.82) is 0 Å². The normalized spacial score (nSPS) is 15.3. The van der Waals surface area contributed by atoms with Crippen molar-refractivity contribution in [2.75, 3.05) is 0 Å². The fourth-order valence-electron chi connectivity index (χ4n) is 2.70. The summed E-state index contributed by atoms with van der Waals surface area (Å²) in [5.41, 5.74) is 3.64. The van der Waals surface area contributed by atoms with Crippen LogP contribution in [0.4, 0.5) is 0 Å². The number of hydrogen-bond donors (Lipinski definition) is 1. The standard InChI is InChI=1S/C20H34O2S/c1-12(2)21-14(5)17-10-16(20(7,8)9)11-18(19(17)23)15(6)22-13(3)4/h10-15,23H,1-9H3. The first-order chi connectivity index (χ1) is 10.4. The second-order valence-electron chi connectivity index (χ2n) is 7.91. The quantitative estimate of drug-likeness (QED) is 0.618. The van der Waals surface area contributed by atoms with Crippen LogP contribution in [0.1, 0.15) is 91.2 Å². The Morgan fingerprint density at radius 3 is 1.39 bits per heavy atom. The minimum atomic E-state index is 0.00907. The van der Waals surface area contributed by atoms with E-state index in [0.717, 1.165) is 16.0 Å². The lowest BCUT2D eigenvalue weighted by Crippen LogP contribution is -2.17. The average Bonchev–Trinajstić information content (AvgIpc) is 2.35. The zero-order valence-corrected chi connectivity index (χ0v) is 17.1. The number of thiol groups is 1. The van der Waals surface area contributed by atoms with Gasteiger partial charge in [-0.05, 0) is 63.6 Å². The van der Waals surface area contributed by atoms with Crippen molar-refractivity contribution in [3.8, 4) is 0 Å². The van der Waals surface area contributed by atoms with Gasteiger partial charge < -0.3 is 9.47 Å². The Labute approximate surface area is 148 Å². The molecule has 0 saturated heterocycles. The SMILES string of the molecule is CC(C)OC(C)c1cc(C(C)(C)C)cc(C(C)OC(C)C)c1S. The molecule has 2 unspecified atom stereocenters. The molecule has 0 aromatic heterocycles. The lowest BCUT2D eigenvalue weighted by molar-refractivity contribution is 0.0113. The summed E-state index contributed by atoms with van der Waals surface area (Å²) in [5, 5.41) is 0. The van der Waals surface area contributed by atoms with Crippen LogP contribution in [0.5, 0.6) is 0 Å².